The van der Waals surface area contributed by atoms with Crippen molar-refractivity contribution in [2.75, 3.05) is 13.7 Å². The molecule has 0 unspecified atom stereocenters. The van der Waals surface area contributed by atoms with Crippen molar-refractivity contribution in [1.82, 2.24) is 14.9 Å². The Morgan fingerprint density at radius 2 is 1.97 bits per heavy atom. The maximum atomic E-state index is 13.4. The van der Waals surface area contributed by atoms with E-state index in [1.807, 2.05) is 24.9 Å². The van der Waals surface area contributed by atoms with Gasteiger partial charge in [-0.05, 0) is 37.7 Å². The number of esters is 1. The summed E-state index contributed by atoms with van der Waals surface area (Å²) in [5, 5.41) is 0. The summed E-state index contributed by atoms with van der Waals surface area (Å²) in [4.78, 5) is 35.2. The van der Waals surface area contributed by atoms with Crippen LogP contribution in [0.15, 0.2) is 30.5 Å². The van der Waals surface area contributed by atoms with E-state index in [1.165, 1.54) is 12.7 Å². The molecule has 2 atom stereocenters. The summed E-state index contributed by atoms with van der Waals surface area (Å²) < 4.78 is 4.81. The lowest BCUT2D eigenvalue weighted by Crippen LogP contribution is -2.44. The highest BCUT2D eigenvalue weighted by atomic mass is 16.5. The number of nitrogens with one attached hydrogen (secondary N) is 1. The van der Waals surface area contributed by atoms with Crippen LogP contribution < -0.4 is 0 Å². The largest absolute Gasteiger partial charge is 0.469 e. The second-order valence-electron chi connectivity index (χ2n) is 8.22. The van der Waals surface area contributed by atoms with Crippen LogP contribution in [-0.2, 0) is 14.3 Å². The Labute approximate surface area is 172 Å². The van der Waals surface area contributed by atoms with Crippen LogP contribution >= 0.6 is 0 Å². The molecule has 1 fully saturated rings. The zero-order chi connectivity index (χ0) is 21.0. The van der Waals surface area contributed by atoms with Gasteiger partial charge in [0.25, 0.3) is 0 Å². The average Bonchev–Trinajstić information content (AvgIpc) is 3.21. The van der Waals surface area contributed by atoms with Crippen LogP contribution in [-0.4, -0.2) is 40.4 Å². The number of methoxy groups -OCH3 is 1. The number of aromatic nitrogens is 2. The first-order valence-electron chi connectivity index (χ1n) is 10.4. The van der Waals surface area contributed by atoms with Crippen LogP contribution in [0.25, 0.3) is 11.3 Å². The van der Waals surface area contributed by atoms with Crippen molar-refractivity contribution in [2.45, 2.75) is 52.5 Å². The fraction of sp³-hybridized carbons (Fsp3) is 0.522. The van der Waals surface area contributed by atoms with E-state index in [2.05, 4.69) is 41.2 Å². The zero-order valence-corrected chi connectivity index (χ0v) is 17.8. The minimum absolute atomic E-state index is 0.0170. The molecular formula is C23H31N3O3. The topological polar surface area (TPSA) is 75.3 Å². The molecule has 0 saturated carbocycles. The van der Waals surface area contributed by atoms with Gasteiger partial charge < -0.3 is 14.6 Å². The number of carbonyl (C=O) groups is 2. The molecule has 3 rings (SSSR count). The van der Waals surface area contributed by atoms with Crippen molar-refractivity contribution < 1.29 is 14.3 Å². The van der Waals surface area contributed by atoms with Crippen LogP contribution in [0.5, 0.6) is 0 Å². The second kappa shape index (κ2) is 9.25. The van der Waals surface area contributed by atoms with Crippen LogP contribution in [0, 0.1) is 18.8 Å². The van der Waals surface area contributed by atoms with Gasteiger partial charge in [0.1, 0.15) is 5.82 Å². The molecule has 0 spiro atoms. The Kier molecular flexibility index (Phi) is 6.72. The zero-order valence-electron chi connectivity index (χ0n) is 17.8. The van der Waals surface area contributed by atoms with E-state index >= 15 is 0 Å². The van der Waals surface area contributed by atoms with Gasteiger partial charge >= 0.3 is 5.97 Å². The molecule has 1 aliphatic heterocycles. The molecule has 1 aromatic carbocycles. The number of hydrogen-bond donors (Lipinski definition) is 1. The molecule has 0 radical (unpaired) electrons. The van der Waals surface area contributed by atoms with Gasteiger partial charge in [-0.2, -0.15) is 0 Å². The third-order valence-electron chi connectivity index (χ3n) is 5.80. The molecule has 1 aromatic heterocycles. The lowest BCUT2D eigenvalue weighted by Gasteiger charge is -2.37. The van der Waals surface area contributed by atoms with Crippen molar-refractivity contribution in [2.24, 2.45) is 11.8 Å². The van der Waals surface area contributed by atoms with Crippen molar-refractivity contribution in [3.8, 4) is 11.3 Å². The number of aryl methyl sites for hydroxylation is 1. The van der Waals surface area contributed by atoms with Gasteiger partial charge in [0.05, 0.1) is 37.4 Å². The van der Waals surface area contributed by atoms with Crippen molar-refractivity contribution in [3.63, 3.8) is 0 Å². The van der Waals surface area contributed by atoms with E-state index in [0.29, 0.717) is 6.54 Å². The normalized spacial score (nSPS) is 18.0. The number of amides is 1. The van der Waals surface area contributed by atoms with E-state index in [4.69, 9.17) is 4.74 Å². The van der Waals surface area contributed by atoms with Gasteiger partial charge in [0.2, 0.25) is 5.91 Å². The predicted molar refractivity (Wildman–Crippen MR) is 112 cm³/mol. The van der Waals surface area contributed by atoms with Crippen LogP contribution in [0.3, 0.4) is 0 Å². The van der Waals surface area contributed by atoms with Gasteiger partial charge in [0.15, 0.2) is 0 Å². The average molecular weight is 398 g/mol. The Bertz CT molecular complexity index is 841. The van der Waals surface area contributed by atoms with Crippen molar-refractivity contribution in [1.29, 1.82) is 0 Å². The summed E-state index contributed by atoms with van der Waals surface area (Å²) in [6.45, 7) is 6.71. The summed E-state index contributed by atoms with van der Waals surface area (Å²) >= 11 is 0. The fourth-order valence-corrected chi connectivity index (χ4v) is 3.95. The number of carbonyl (C=O) groups excluding carboxylic acids is 2. The van der Waals surface area contributed by atoms with Gasteiger partial charge in [-0.3, -0.25) is 9.59 Å². The quantitative estimate of drug-likeness (QED) is 0.739. The summed E-state index contributed by atoms with van der Waals surface area (Å²) in [6.07, 6.45) is 4.85. The minimum atomic E-state index is -0.380. The Morgan fingerprint density at radius 1 is 1.24 bits per heavy atom. The molecule has 6 nitrogen and oxygen atoms in total. The van der Waals surface area contributed by atoms with Crippen LogP contribution in [0.1, 0.15) is 57.0 Å². The SMILES string of the molecule is COC(=O)C[C@H](C(=O)N1CCCC[C@H]1c1ncc(-c2ccc(C)cc2)[nH]1)C(C)C. The number of H-pyrrole nitrogens is 1. The number of nitrogens with zero attached hydrogens (tertiary/aromatic N) is 2. The van der Waals surface area contributed by atoms with E-state index in [9.17, 15) is 9.59 Å². The number of rotatable bonds is 6. The molecule has 0 bridgehead atoms. The summed E-state index contributed by atoms with van der Waals surface area (Å²) in [5.74, 6) is 0.168. The van der Waals surface area contributed by atoms with Crippen LogP contribution in [0.4, 0.5) is 0 Å². The van der Waals surface area contributed by atoms with Gasteiger partial charge in [0, 0.05) is 6.54 Å². The lowest BCUT2D eigenvalue weighted by molar-refractivity contribution is -0.150. The lowest BCUT2D eigenvalue weighted by atomic mass is 9.89. The number of benzene rings is 1. The number of aromatic amines is 1. The third-order valence-corrected chi connectivity index (χ3v) is 5.80. The molecular weight excluding hydrogens is 366 g/mol. The number of hydrogen-bond acceptors (Lipinski definition) is 4. The second-order valence-corrected chi connectivity index (χ2v) is 8.22. The van der Waals surface area contributed by atoms with Crippen molar-refractivity contribution in [3.05, 3.63) is 41.9 Å². The Morgan fingerprint density at radius 3 is 2.62 bits per heavy atom. The van der Waals surface area contributed by atoms with E-state index in [1.54, 1.807) is 0 Å². The molecule has 1 saturated heterocycles. The highest BCUT2D eigenvalue weighted by Gasteiger charge is 2.36. The highest BCUT2D eigenvalue weighted by molar-refractivity contribution is 5.84. The number of piperidine rings is 1. The first kappa shape index (κ1) is 21.1. The van der Waals surface area contributed by atoms with Gasteiger partial charge in [-0.15, -0.1) is 0 Å². The summed E-state index contributed by atoms with van der Waals surface area (Å²) in [5.41, 5.74) is 3.24. The molecule has 29 heavy (non-hydrogen) atoms. The smallest absolute Gasteiger partial charge is 0.306 e. The number of likely N-dealkylation sites (tertiary alicyclic amines) is 1. The molecule has 2 aromatic rings. The predicted octanol–water partition coefficient (Wildman–Crippen LogP) is 4.27. The monoisotopic (exact) mass is 397 g/mol. The maximum Gasteiger partial charge on any atom is 0.306 e. The molecule has 156 valence electrons. The minimum Gasteiger partial charge on any atom is -0.469 e. The van der Waals surface area contributed by atoms with E-state index in [0.717, 1.165) is 36.3 Å². The molecule has 2 heterocycles. The van der Waals surface area contributed by atoms with E-state index in [-0.39, 0.29) is 36.2 Å². The van der Waals surface area contributed by atoms with Crippen molar-refractivity contribution >= 4 is 11.9 Å². The fourth-order valence-electron chi connectivity index (χ4n) is 3.95. The molecule has 0 aliphatic carbocycles. The first-order chi connectivity index (χ1) is 13.9. The summed E-state index contributed by atoms with van der Waals surface area (Å²) in [7, 11) is 1.36. The Hall–Kier alpha value is -2.63. The molecule has 6 heteroatoms. The standard InChI is InChI=1S/C23H31N3O3/c1-15(2)18(13-21(27)29-4)23(28)26-12-6-5-7-20(26)22-24-14-19(25-22)17-10-8-16(3)9-11-17/h8-11,14-15,18,20H,5-7,12-13H2,1-4H3,(H,24,25)/t18-,20-/m0/s1. The number of imidazole rings is 1. The van der Waals surface area contributed by atoms with Gasteiger partial charge in [-0.1, -0.05) is 43.7 Å². The van der Waals surface area contributed by atoms with E-state index < -0.39 is 0 Å². The first-order valence-corrected chi connectivity index (χ1v) is 10.4. The third kappa shape index (κ3) is 4.86. The maximum absolute atomic E-state index is 13.4. The van der Waals surface area contributed by atoms with Gasteiger partial charge in [-0.25, -0.2) is 4.98 Å². The molecule has 1 amide bonds. The molecule has 1 N–H and O–H groups in total. The number of ether oxygens (including phenoxy) is 1. The summed E-state index contributed by atoms with van der Waals surface area (Å²) in [6, 6.07) is 8.20. The Balaban J connectivity index is 1.83. The molecule has 1 aliphatic rings. The van der Waals surface area contributed by atoms with Crippen LogP contribution in [0.2, 0.25) is 0 Å². The highest BCUT2D eigenvalue weighted by Crippen LogP contribution is 2.33.